The van der Waals surface area contributed by atoms with E-state index in [9.17, 15) is 14.4 Å². The van der Waals surface area contributed by atoms with E-state index in [1.165, 1.54) is 0 Å². The molecular formula is C31H59N3O5Si2. The number of nitrogens with one attached hydrogen (secondary N) is 1. The Morgan fingerprint density at radius 3 is 1.66 bits per heavy atom. The standard InChI is InChI=1S/C25H47N3O3Si2.C6H12O2/c1-24(2,20-26)15-13-22(29)12-9-10-18-32(5,6)31-33(7,8)19-11-17-28-23(30)14-16-25(3,4)21-27;1-4-6(2,3)5(7)8/h9-19H2,1-8H3,(H,28,30);4H2,1-3H3,(H,7,8). The lowest BCUT2D eigenvalue weighted by Crippen LogP contribution is -2.44. The van der Waals surface area contributed by atoms with Gasteiger partial charge in [-0.2, -0.15) is 10.5 Å². The number of carboxylic acids is 1. The summed E-state index contributed by atoms with van der Waals surface area (Å²) in [6.07, 6.45) is 6.16. The van der Waals surface area contributed by atoms with Crippen molar-refractivity contribution in [2.45, 2.75) is 145 Å². The maximum Gasteiger partial charge on any atom is 0.309 e. The summed E-state index contributed by atoms with van der Waals surface area (Å²) in [5.74, 6) is -0.453. The molecule has 0 aliphatic heterocycles. The Kier molecular flexibility index (Phi) is 18.6. The van der Waals surface area contributed by atoms with Crippen LogP contribution in [0.15, 0.2) is 0 Å². The number of rotatable bonds is 19. The predicted octanol–water partition coefficient (Wildman–Crippen LogP) is 7.83. The SMILES string of the molecule is CC(C)(C#N)CCC(=O)CCCC[Si](C)(C)O[Si](C)(C)CCCNC(=O)CCC(C)(C)C#N.CCC(C)(C)C(=O)O. The topological polar surface area (TPSA) is 140 Å². The second-order valence-electron chi connectivity index (χ2n) is 14.4. The maximum atomic E-state index is 12.1. The minimum absolute atomic E-state index is 0.0131. The van der Waals surface area contributed by atoms with Crippen LogP contribution in [-0.2, 0) is 18.5 Å². The number of Topliss-reactive ketones (excluding diaryl/α,β-unsaturated/α-hetero) is 1. The quantitative estimate of drug-likeness (QED) is 0.112. The third kappa shape index (κ3) is 22.3. The molecule has 41 heavy (non-hydrogen) atoms. The van der Waals surface area contributed by atoms with Crippen LogP contribution in [0.1, 0.15) is 106 Å². The van der Waals surface area contributed by atoms with Gasteiger partial charge in [0.25, 0.3) is 0 Å². The summed E-state index contributed by atoms with van der Waals surface area (Å²) in [5.41, 5.74) is -1.43. The summed E-state index contributed by atoms with van der Waals surface area (Å²) >= 11 is 0. The van der Waals surface area contributed by atoms with Gasteiger partial charge in [-0.1, -0.05) is 13.3 Å². The molecule has 0 atom stereocenters. The molecule has 0 aromatic rings. The van der Waals surface area contributed by atoms with Crippen molar-refractivity contribution in [3.63, 3.8) is 0 Å². The number of hydrogen-bond acceptors (Lipinski definition) is 6. The summed E-state index contributed by atoms with van der Waals surface area (Å²) in [6.45, 7) is 22.4. The highest BCUT2D eigenvalue weighted by atomic mass is 28.4. The number of hydrogen-bond donors (Lipinski definition) is 2. The number of carbonyl (C=O) groups excluding carboxylic acids is 2. The van der Waals surface area contributed by atoms with Gasteiger partial charge in [-0.3, -0.25) is 14.4 Å². The molecule has 0 saturated carbocycles. The number of nitriles is 2. The smallest absolute Gasteiger partial charge is 0.309 e. The molecule has 0 saturated heterocycles. The summed E-state index contributed by atoms with van der Waals surface area (Å²) < 4.78 is 6.66. The first kappa shape index (κ1) is 41.1. The van der Waals surface area contributed by atoms with Gasteiger partial charge in [0.2, 0.25) is 5.91 Å². The average Bonchev–Trinajstić information content (AvgIpc) is 2.86. The minimum Gasteiger partial charge on any atom is -0.481 e. The number of carbonyl (C=O) groups is 3. The van der Waals surface area contributed by atoms with Gasteiger partial charge in [-0.05, 0) is 112 Å². The molecule has 0 aromatic carbocycles. The van der Waals surface area contributed by atoms with Gasteiger partial charge in [0.1, 0.15) is 5.78 Å². The fourth-order valence-electron chi connectivity index (χ4n) is 3.82. The normalized spacial score (nSPS) is 12.4. The van der Waals surface area contributed by atoms with Crippen molar-refractivity contribution in [1.82, 2.24) is 5.32 Å². The van der Waals surface area contributed by atoms with E-state index in [1.54, 1.807) is 13.8 Å². The summed E-state index contributed by atoms with van der Waals surface area (Å²) in [7, 11) is -3.61. The number of nitrogens with zero attached hydrogens (tertiary/aromatic N) is 2. The van der Waals surface area contributed by atoms with E-state index in [0.717, 1.165) is 31.4 Å². The Hall–Kier alpha value is -2.02. The van der Waals surface area contributed by atoms with Crippen LogP contribution in [0, 0.1) is 38.9 Å². The second-order valence-corrected chi connectivity index (χ2v) is 23.2. The second kappa shape index (κ2) is 18.5. The first-order valence-electron chi connectivity index (χ1n) is 15.1. The third-order valence-electron chi connectivity index (χ3n) is 7.39. The lowest BCUT2D eigenvalue weighted by atomic mass is 9.88. The van der Waals surface area contributed by atoms with Gasteiger partial charge < -0.3 is 14.5 Å². The molecule has 0 rings (SSSR count). The molecule has 0 unspecified atom stereocenters. The molecule has 10 heteroatoms. The zero-order valence-corrected chi connectivity index (χ0v) is 30.0. The van der Waals surface area contributed by atoms with Crippen LogP contribution in [0.25, 0.3) is 0 Å². The number of aliphatic carboxylic acids is 1. The molecule has 0 spiro atoms. The molecule has 2 N–H and O–H groups in total. The highest BCUT2D eigenvalue weighted by Crippen LogP contribution is 2.26. The van der Waals surface area contributed by atoms with Crippen LogP contribution in [0.3, 0.4) is 0 Å². The van der Waals surface area contributed by atoms with E-state index < -0.39 is 38.8 Å². The highest BCUT2D eigenvalue weighted by Gasteiger charge is 2.32. The fourth-order valence-corrected chi connectivity index (χ4v) is 12.7. The van der Waals surface area contributed by atoms with Crippen LogP contribution in [-0.4, -0.2) is 45.9 Å². The minimum atomic E-state index is -1.82. The molecule has 1 amide bonds. The predicted molar refractivity (Wildman–Crippen MR) is 171 cm³/mol. The molecule has 0 heterocycles. The van der Waals surface area contributed by atoms with Crippen LogP contribution >= 0.6 is 0 Å². The Morgan fingerprint density at radius 1 is 0.780 bits per heavy atom. The van der Waals surface area contributed by atoms with Crippen molar-refractivity contribution in [3.8, 4) is 12.1 Å². The Morgan fingerprint density at radius 2 is 1.24 bits per heavy atom. The molecule has 0 aliphatic carbocycles. The Balaban J connectivity index is 0. The van der Waals surface area contributed by atoms with E-state index >= 15 is 0 Å². The van der Waals surface area contributed by atoms with Crippen molar-refractivity contribution >= 4 is 34.3 Å². The van der Waals surface area contributed by atoms with Crippen molar-refractivity contribution in [2.24, 2.45) is 16.2 Å². The molecule has 0 aliphatic rings. The molecule has 0 fully saturated rings. The Labute approximate surface area is 252 Å². The van der Waals surface area contributed by atoms with Crippen LogP contribution in [0.5, 0.6) is 0 Å². The number of carboxylic acid groups (broad SMARTS) is 1. The maximum absolute atomic E-state index is 12.1. The molecular weight excluding hydrogens is 551 g/mol. The van der Waals surface area contributed by atoms with Crippen molar-refractivity contribution in [1.29, 1.82) is 10.5 Å². The van der Waals surface area contributed by atoms with E-state index in [1.807, 2.05) is 34.6 Å². The van der Waals surface area contributed by atoms with Crippen molar-refractivity contribution in [3.05, 3.63) is 0 Å². The highest BCUT2D eigenvalue weighted by molar-refractivity contribution is 6.84. The first-order valence-corrected chi connectivity index (χ1v) is 21.3. The average molecular weight is 610 g/mol. The van der Waals surface area contributed by atoms with Gasteiger partial charge in [-0.25, -0.2) is 0 Å². The van der Waals surface area contributed by atoms with Gasteiger partial charge in [-0.15, -0.1) is 0 Å². The lowest BCUT2D eigenvalue weighted by Gasteiger charge is -2.34. The fraction of sp³-hybridized carbons (Fsp3) is 0.839. The molecule has 0 radical (unpaired) electrons. The number of amides is 1. The van der Waals surface area contributed by atoms with E-state index in [2.05, 4.69) is 43.6 Å². The largest absolute Gasteiger partial charge is 0.481 e. The van der Waals surface area contributed by atoms with E-state index in [0.29, 0.717) is 45.1 Å². The van der Waals surface area contributed by atoms with Crippen LogP contribution < -0.4 is 5.32 Å². The third-order valence-corrected chi connectivity index (χ3v) is 14.9. The van der Waals surface area contributed by atoms with E-state index in [-0.39, 0.29) is 11.7 Å². The summed E-state index contributed by atoms with van der Waals surface area (Å²) in [4.78, 5) is 34.3. The van der Waals surface area contributed by atoms with Gasteiger partial charge in [0.05, 0.1) is 28.4 Å². The van der Waals surface area contributed by atoms with Gasteiger partial charge in [0.15, 0.2) is 16.6 Å². The summed E-state index contributed by atoms with van der Waals surface area (Å²) in [5, 5.41) is 29.5. The number of unbranched alkanes of at least 4 members (excludes halogenated alkanes) is 1. The van der Waals surface area contributed by atoms with Gasteiger partial charge >= 0.3 is 5.97 Å². The van der Waals surface area contributed by atoms with Gasteiger partial charge in [0, 0.05) is 25.8 Å². The number of ketones is 1. The lowest BCUT2D eigenvalue weighted by molar-refractivity contribution is -0.147. The summed E-state index contributed by atoms with van der Waals surface area (Å²) in [6, 6.07) is 6.53. The Bertz CT molecular complexity index is 856. The molecule has 8 nitrogen and oxygen atoms in total. The monoisotopic (exact) mass is 609 g/mol. The van der Waals surface area contributed by atoms with Crippen LogP contribution in [0.2, 0.25) is 38.3 Å². The van der Waals surface area contributed by atoms with E-state index in [4.69, 9.17) is 19.7 Å². The first-order chi connectivity index (χ1) is 18.5. The zero-order chi connectivity index (χ0) is 32.5. The molecule has 0 aromatic heterocycles. The van der Waals surface area contributed by atoms with Crippen LogP contribution in [0.4, 0.5) is 0 Å². The van der Waals surface area contributed by atoms with Crippen molar-refractivity contribution in [2.75, 3.05) is 6.54 Å². The van der Waals surface area contributed by atoms with Crippen molar-refractivity contribution < 1.29 is 23.6 Å². The molecule has 236 valence electrons. The zero-order valence-electron chi connectivity index (χ0n) is 28.0. The molecule has 0 bridgehead atoms.